The van der Waals surface area contributed by atoms with Crippen molar-refractivity contribution < 1.29 is 24.5 Å². The van der Waals surface area contributed by atoms with Crippen molar-refractivity contribution in [3.63, 3.8) is 0 Å². The fourth-order valence-corrected chi connectivity index (χ4v) is 5.29. The Balaban J connectivity index is 1.93. The number of phenols is 1. The van der Waals surface area contributed by atoms with E-state index in [0.717, 1.165) is 18.7 Å². The largest absolute Gasteiger partial charge is 0.505 e. The number of methoxy groups -OCH3 is 1. The summed E-state index contributed by atoms with van der Waals surface area (Å²) in [7, 11) is 1.42. The molecular weight excluding hydrogens is 540 g/mol. The number of hydrogen-bond donors (Lipinski definition) is 2. The van der Waals surface area contributed by atoms with E-state index in [9.17, 15) is 19.8 Å². The van der Waals surface area contributed by atoms with Gasteiger partial charge in [0.15, 0.2) is 17.3 Å². The molecule has 4 rings (SSSR count). The lowest BCUT2D eigenvalue weighted by Crippen LogP contribution is -2.38. The zero-order chi connectivity index (χ0) is 27.0. The molecule has 3 heterocycles. The molecule has 10 heteroatoms. The first kappa shape index (κ1) is 26.7. The Morgan fingerprint density at radius 1 is 1.22 bits per heavy atom. The number of carbonyl (C=O) groups is 2. The van der Waals surface area contributed by atoms with Gasteiger partial charge in [0, 0.05) is 19.3 Å². The van der Waals surface area contributed by atoms with E-state index in [1.54, 1.807) is 19.1 Å². The Bertz CT molecular complexity index is 1410. The molecule has 0 saturated carbocycles. The molecule has 1 fully saturated rings. The van der Waals surface area contributed by atoms with Crippen molar-refractivity contribution in [1.82, 2.24) is 19.2 Å². The quantitative estimate of drug-likeness (QED) is 0.237. The number of pyridine rings is 1. The molecule has 0 bridgehead atoms. The Morgan fingerprint density at radius 2 is 1.92 bits per heavy atom. The van der Waals surface area contributed by atoms with E-state index in [-0.39, 0.29) is 35.1 Å². The molecule has 0 spiro atoms. The van der Waals surface area contributed by atoms with Crippen molar-refractivity contribution >= 4 is 39.0 Å². The monoisotopic (exact) mass is 570 g/mol. The molecule has 3 aromatic rings. The SMILES string of the molecule is CCN(CC)CCN1C(=O)C(=O)C(=C(O)c2nc3c(C)cccn3c2C)C1c1cc(Br)c(O)c(OC)c1. The summed E-state index contributed by atoms with van der Waals surface area (Å²) >= 11 is 3.34. The van der Waals surface area contributed by atoms with Crippen LogP contribution in [0.15, 0.2) is 40.5 Å². The number of benzene rings is 1. The van der Waals surface area contributed by atoms with E-state index in [2.05, 4.69) is 25.8 Å². The number of likely N-dealkylation sites (N-methyl/N-ethyl adjacent to an activating group) is 1. The first-order valence-electron chi connectivity index (χ1n) is 12.2. The first-order chi connectivity index (χ1) is 17.6. The van der Waals surface area contributed by atoms with Crippen LogP contribution in [-0.2, 0) is 9.59 Å². The van der Waals surface area contributed by atoms with Crippen LogP contribution < -0.4 is 4.74 Å². The maximum Gasteiger partial charge on any atom is 0.295 e. The number of phenolic OH excluding ortho intramolecular Hbond substituents is 1. The smallest absolute Gasteiger partial charge is 0.295 e. The lowest BCUT2D eigenvalue weighted by molar-refractivity contribution is -0.140. The summed E-state index contributed by atoms with van der Waals surface area (Å²) in [5.74, 6) is -1.73. The highest BCUT2D eigenvalue weighted by Gasteiger charge is 2.47. The fraction of sp³-hybridized carbons (Fsp3) is 0.370. The Labute approximate surface area is 224 Å². The average molecular weight is 571 g/mol. The van der Waals surface area contributed by atoms with Crippen LogP contribution >= 0.6 is 15.9 Å². The van der Waals surface area contributed by atoms with E-state index >= 15 is 0 Å². The van der Waals surface area contributed by atoms with Crippen LogP contribution in [0.5, 0.6) is 11.5 Å². The van der Waals surface area contributed by atoms with Gasteiger partial charge >= 0.3 is 0 Å². The number of nitrogens with zero attached hydrogens (tertiary/aromatic N) is 4. The molecule has 1 aliphatic rings. The summed E-state index contributed by atoms with van der Waals surface area (Å²) in [6.45, 7) is 10.2. The third-order valence-corrected chi connectivity index (χ3v) is 7.59. The molecule has 9 nitrogen and oxygen atoms in total. The van der Waals surface area contributed by atoms with Gasteiger partial charge in [-0.2, -0.15) is 0 Å². The molecule has 1 aliphatic heterocycles. The predicted octanol–water partition coefficient (Wildman–Crippen LogP) is 4.19. The number of fused-ring (bicyclic) bond motifs is 1. The van der Waals surface area contributed by atoms with Gasteiger partial charge in [-0.15, -0.1) is 0 Å². The highest BCUT2D eigenvalue weighted by molar-refractivity contribution is 9.10. The topological polar surface area (TPSA) is 108 Å². The number of aromatic hydroxyl groups is 1. The van der Waals surface area contributed by atoms with Crippen LogP contribution in [0.2, 0.25) is 0 Å². The van der Waals surface area contributed by atoms with Crippen LogP contribution in [0.1, 0.15) is 42.4 Å². The van der Waals surface area contributed by atoms with Crippen molar-refractivity contribution in [2.75, 3.05) is 33.3 Å². The third-order valence-electron chi connectivity index (χ3n) is 6.99. The van der Waals surface area contributed by atoms with Crippen molar-refractivity contribution in [1.29, 1.82) is 0 Å². The molecule has 1 atom stereocenters. The summed E-state index contributed by atoms with van der Waals surface area (Å²) in [6.07, 6.45) is 1.84. The fourth-order valence-electron chi connectivity index (χ4n) is 4.83. The number of imidazole rings is 1. The van der Waals surface area contributed by atoms with Gasteiger partial charge < -0.3 is 29.2 Å². The minimum Gasteiger partial charge on any atom is -0.505 e. The molecule has 2 aromatic heterocycles. The summed E-state index contributed by atoms with van der Waals surface area (Å²) in [5, 5.41) is 21.9. The van der Waals surface area contributed by atoms with E-state index in [1.165, 1.54) is 12.0 Å². The van der Waals surface area contributed by atoms with Gasteiger partial charge in [0.2, 0.25) is 0 Å². The number of rotatable bonds is 8. The number of likely N-dealkylation sites (tertiary alicyclic amines) is 1. The lowest BCUT2D eigenvalue weighted by Gasteiger charge is -2.28. The lowest BCUT2D eigenvalue weighted by atomic mass is 9.96. The molecule has 37 heavy (non-hydrogen) atoms. The molecular formula is C27H31BrN4O5. The first-order valence-corrected chi connectivity index (χ1v) is 13.0. The highest BCUT2D eigenvalue weighted by atomic mass is 79.9. The normalized spacial score (nSPS) is 17.4. The van der Waals surface area contributed by atoms with Gasteiger partial charge in [-0.05, 0) is 72.2 Å². The van der Waals surface area contributed by atoms with E-state index in [0.29, 0.717) is 27.9 Å². The maximum atomic E-state index is 13.4. The zero-order valence-corrected chi connectivity index (χ0v) is 23.2. The minimum atomic E-state index is -0.897. The molecule has 0 aliphatic carbocycles. The predicted molar refractivity (Wildman–Crippen MR) is 144 cm³/mol. The number of hydrogen-bond acceptors (Lipinski definition) is 7. The molecule has 1 unspecified atom stereocenters. The van der Waals surface area contributed by atoms with Crippen LogP contribution in [0, 0.1) is 13.8 Å². The van der Waals surface area contributed by atoms with Gasteiger partial charge in [-0.1, -0.05) is 19.9 Å². The molecule has 1 amide bonds. The number of aromatic nitrogens is 2. The van der Waals surface area contributed by atoms with Crippen LogP contribution in [-0.4, -0.2) is 74.4 Å². The zero-order valence-electron chi connectivity index (χ0n) is 21.6. The second kappa shape index (κ2) is 10.5. The van der Waals surface area contributed by atoms with Gasteiger partial charge in [-0.25, -0.2) is 4.98 Å². The number of aliphatic hydroxyl groups is 1. The Morgan fingerprint density at radius 3 is 2.54 bits per heavy atom. The number of aryl methyl sites for hydroxylation is 2. The van der Waals surface area contributed by atoms with E-state index < -0.39 is 17.7 Å². The van der Waals surface area contributed by atoms with Crippen LogP contribution in [0.4, 0.5) is 0 Å². The van der Waals surface area contributed by atoms with Gasteiger partial charge in [0.25, 0.3) is 11.7 Å². The van der Waals surface area contributed by atoms with Gasteiger partial charge in [0.05, 0.1) is 28.9 Å². The van der Waals surface area contributed by atoms with Crippen LogP contribution in [0.25, 0.3) is 11.4 Å². The number of ether oxygens (including phenoxy) is 1. The molecule has 196 valence electrons. The second-order valence-corrected chi connectivity index (χ2v) is 9.86. The van der Waals surface area contributed by atoms with Crippen molar-refractivity contribution in [3.8, 4) is 11.5 Å². The third kappa shape index (κ3) is 4.59. The molecule has 2 N–H and O–H groups in total. The van der Waals surface area contributed by atoms with E-state index in [1.807, 2.05) is 43.5 Å². The Kier molecular flexibility index (Phi) is 7.61. The van der Waals surface area contributed by atoms with E-state index in [4.69, 9.17) is 4.74 Å². The summed E-state index contributed by atoms with van der Waals surface area (Å²) in [4.78, 5) is 35.0. The Hall–Kier alpha value is -3.37. The average Bonchev–Trinajstić information content (AvgIpc) is 3.36. The van der Waals surface area contributed by atoms with Crippen molar-refractivity contribution in [3.05, 3.63) is 63.0 Å². The molecule has 1 saturated heterocycles. The van der Waals surface area contributed by atoms with Gasteiger partial charge in [-0.3, -0.25) is 9.59 Å². The minimum absolute atomic E-state index is 0.0478. The molecule has 0 radical (unpaired) electrons. The number of halogens is 1. The standard InChI is InChI=1S/C27H31BrN4O5/c1-6-30(7-2)11-12-32-22(17-13-18(28)23(33)19(14-17)37-5)20(25(35)27(32)36)24(34)21-16(4)31-10-8-9-15(3)26(31)29-21/h8-10,13-14,22,33-34H,6-7,11-12H2,1-5H3. The van der Waals surface area contributed by atoms with Crippen molar-refractivity contribution in [2.24, 2.45) is 0 Å². The summed E-state index contributed by atoms with van der Waals surface area (Å²) in [6, 6.07) is 6.11. The number of carbonyl (C=O) groups excluding carboxylic acids is 2. The number of Topliss-reactive ketones (excluding diaryl/α,β-unsaturated/α-hetero) is 1. The number of ketones is 1. The molecule has 1 aromatic carbocycles. The number of amides is 1. The number of aliphatic hydroxyl groups excluding tert-OH is 1. The highest BCUT2D eigenvalue weighted by Crippen LogP contribution is 2.44. The van der Waals surface area contributed by atoms with Gasteiger partial charge in [0.1, 0.15) is 11.3 Å². The van der Waals surface area contributed by atoms with Crippen LogP contribution in [0.3, 0.4) is 0 Å². The summed E-state index contributed by atoms with van der Waals surface area (Å²) in [5.41, 5.74) is 2.92. The second-order valence-electron chi connectivity index (χ2n) is 9.00. The summed E-state index contributed by atoms with van der Waals surface area (Å²) < 4.78 is 7.52. The maximum absolute atomic E-state index is 13.4. The van der Waals surface area contributed by atoms with Crippen molar-refractivity contribution in [2.45, 2.75) is 33.7 Å².